The summed E-state index contributed by atoms with van der Waals surface area (Å²) in [5, 5.41) is 3.94. The average Bonchev–Trinajstić information content (AvgIpc) is 3.22. The van der Waals surface area contributed by atoms with Crippen LogP contribution in [0.25, 0.3) is 0 Å². The van der Waals surface area contributed by atoms with E-state index in [1.54, 1.807) is 0 Å². The smallest absolute Gasteiger partial charge is 0.250 e. The van der Waals surface area contributed by atoms with E-state index in [1.165, 1.54) is 6.20 Å². The Bertz CT molecular complexity index is 1050. The highest BCUT2D eigenvalue weighted by Gasteiger charge is 2.37. The summed E-state index contributed by atoms with van der Waals surface area (Å²) in [7, 11) is -4.57. The first-order valence-electron chi connectivity index (χ1n) is 9.86. The quantitative estimate of drug-likeness (QED) is 0.830. The Hall–Kier alpha value is -1.88. The molecule has 0 spiro atoms. The SMILES string of the molecule is [2H]C([2H])([2H])S(=O)(=O)n1cc2c(n1)CN([C@@H]1CO[C@H](c3cc(F)ccc3F)[C@@H](N)C1)C2. The lowest BCUT2D eigenvalue weighted by Gasteiger charge is -2.38. The molecule has 1 aromatic carbocycles. The van der Waals surface area contributed by atoms with Crippen molar-refractivity contribution in [1.82, 2.24) is 14.1 Å². The van der Waals surface area contributed by atoms with E-state index in [0.29, 0.717) is 34.9 Å². The van der Waals surface area contributed by atoms with Gasteiger partial charge < -0.3 is 10.5 Å². The third kappa shape index (κ3) is 3.49. The molecule has 2 aliphatic rings. The maximum atomic E-state index is 14.1. The maximum Gasteiger partial charge on any atom is 0.250 e. The van der Waals surface area contributed by atoms with E-state index in [2.05, 4.69) is 5.10 Å². The number of benzene rings is 1. The fraction of sp³-hybridized carbons (Fsp3) is 0.471. The molecule has 0 bridgehead atoms. The largest absolute Gasteiger partial charge is 0.370 e. The highest BCUT2D eigenvalue weighted by Crippen LogP contribution is 2.34. The molecule has 1 saturated heterocycles. The van der Waals surface area contributed by atoms with Crippen molar-refractivity contribution >= 4 is 10.0 Å². The van der Waals surface area contributed by atoms with Gasteiger partial charge in [0, 0.05) is 46.6 Å². The van der Waals surface area contributed by atoms with Crippen LogP contribution in [0.3, 0.4) is 0 Å². The summed E-state index contributed by atoms with van der Waals surface area (Å²) in [6, 6.07) is 2.46. The Labute approximate surface area is 160 Å². The lowest BCUT2D eigenvalue weighted by molar-refractivity contribution is -0.0533. The molecule has 7 nitrogen and oxygen atoms in total. The first-order valence-corrected chi connectivity index (χ1v) is 9.80. The van der Waals surface area contributed by atoms with Crippen LogP contribution in [-0.2, 0) is 27.8 Å². The summed E-state index contributed by atoms with van der Waals surface area (Å²) in [4.78, 5) is 1.99. The molecule has 0 aliphatic carbocycles. The highest BCUT2D eigenvalue weighted by molar-refractivity contribution is 7.89. The number of aromatic nitrogens is 2. The van der Waals surface area contributed by atoms with Crippen molar-refractivity contribution in [3.8, 4) is 0 Å². The summed E-state index contributed by atoms with van der Waals surface area (Å²) >= 11 is 0. The molecule has 2 aliphatic heterocycles. The van der Waals surface area contributed by atoms with E-state index >= 15 is 0 Å². The predicted octanol–water partition coefficient (Wildman–Crippen LogP) is 1.14. The van der Waals surface area contributed by atoms with Crippen molar-refractivity contribution in [3.05, 3.63) is 52.9 Å². The molecule has 2 N–H and O–H groups in total. The first kappa shape index (κ1) is 15.1. The number of ether oxygens (including phenoxy) is 1. The van der Waals surface area contributed by atoms with Crippen LogP contribution in [0.5, 0.6) is 0 Å². The van der Waals surface area contributed by atoms with Crippen LogP contribution in [-0.4, -0.2) is 47.4 Å². The van der Waals surface area contributed by atoms with Crippen LogP contribution in [0.4, 0.5) is 8.78 Å². The van der Waals surface area contributed by atoms with Crippen LogP contribution < -0.4 is 5.73 Å². The second-order valence-electron chi connectivity index (χ2n) is 6.86. The minimum absolute atomic E-state index is 0.0804. The van der Waals surface area contributed by atoms with E-state index in [0.717, 1.165) is 18.2 Å². The molecule has 27 heavy (non-hydrogen) atoms. The predicted molar refractivity (Wildman–Crippen MR) is 93.1 cm³/mol. The molecule has 10 heteroatoms. The van der Waals surface area contributed by atoms with Crippen molar-refractivity contribution in [1.29, 1.82) is 0 Å². The molecule has 1 aromatic heterocycles. The zero-order chi connectivity index (χ0) is 21.8. The number of nitrogens with zero attached hydrogens (tertiary/aromatic N) is 3. The standard InChI is InChI=1S/C17H20F2N4O3S/c1-27(24,25)23-7-10-6-22(8-16(10)21-23)12-5-15(20)17(26-9-12)13-4-11(18)2-3-14(13)19/h2-4,7,12,15,17H,5-6,8-9,20H2,1H3/t12-,15-,17+/m0/s1/i1D3. The molecule has 3 atom stereocenters. The van der Waals surface area contributed by atoms with Gasteiger partial charge in [-0.25, -0.2) is 17.2 Å². The van der Waals surface area contributed by atoms with Gasteiger partial charge in [-0.2, -0.15) is 9.19 Å². The molecule has 0 unspecified atom stereocenters. The maximum absolute atomic E-state index is 14.1. The molecule has 0 saturated carbocycles. The lowest BCUT2D eigenvalue weighted by Crippen LogP contribution is -2.47. The summed E-state index contributed by atoms with van der Waals surface area (Å²) in [6.45, 7) is 0.885. The molecule has 0 amide bonds. The number of halogens is 2. The fourth-order valence-corrected chi connectivity index (χ4v) is 4.16. The van der Waals surface area contributed by atoms with Crippen LogP contribution in [0.15, 0.2) is 24.4 Å². The Kier molecular flexibility index (Phi) is 3.70. The molecule has 146 valence electrons. The normalized spacial score (nSPS) is 28.4. The van der Waals surface area contributed by atoms with Gasteiger partial charge in [-0.15, -0.1) is 0 Å². The van der Waals surface area contributed by atoms with Gasteiger partial charge >= 0.3 is 0 Å². The van der Waals surface area contributed by atoms with Crippen LogP contribution in [0, 0.1) is 11.6 Å². The Morgan fingerprint density at radius 2 is 2.19 bits per heavy atom. The molecule has 3 heterocycles. The highest BCUT2D eigenvalue weighted by atomic mass is 32.2. The number of rotatable bonds is 3. The first-order chi connectivity index (χ1) is 14.0. The van der Waals surface area contributed by atoms with Gasteiger partial charge in [-0.3, -0.25) is 4.90 Å². The van der Waals surface area contributed by atoms with Crippen LogP contribution >= 0.6 is 0 Å². The Morgan fingerprint density at radius 3 is 2.89 bits per heavy atom. The third-order valence-corrected chi connectivity index (χ3v) is 5.69. The van der Waals surface area contributed by atoms with Crippen molar-refractivity contribution in [2.45, 2.75) is 37.7 Å². The Morgan fingerprint density at radius 1 is 1.37 bits per heavy atom. The number of hydrogen-bond acceptors (Lipinski definition) is 6. The van der Waals surface area contributed by atoms with E-state index in [4.69, 9.17) is 14.6 Å². The minimum atomic E-state index is -4.57. The van der Waals surface area contributed by atoms with Gasteiger partial charge in [0.15, 0.2) is 0 Å². The van der Waals surface area contributed by atoms with Gasteiger partial charge in [-0.05, 0) is 24.6 Å². The topological polar surface area (TPSA) is 90.5 Å². The molecule has 2 aromatic rings. The van der Waals surface area contributed by atoms with Crippen LogP contribution in [0.2, 0.25) is 0 Å². The molecule has 0 radical (unpaired) electrons. The van der Waals surface area contributed by atoms with Gasteiger partial charge in [0.1, 0.15) is 17.7 Å². The van der Waals surface area contributed by atoms with E-state index in [-0.39, 0.29) is 18.2 Å². The van der Waals surface area contributed by atoms with E-state index < -0.39 is 40.0 Å². The summed E-state index contributed by atoms with van der Waals surface area (Å²) in [5.41, 5.74) is 7.35. The second kappa shape index (κ2) is 6.62. The van der Waals surface area contributed by atoms with E-state index in [1.807, 2.05) is 4.90 Å². The molecular weight excluding hydrogens is 378 g/mol. The number of fused-ring (bicyclic) bond motifs is 1. The summed E-state index contributed by atoms with van der Waals surface area (Å²) in [5.74, 6) is -1.15. The summed E-state index contributed by atoms with van der Waals surface area (Å²) < 4.78 is 79.4. The van der Waals surface area contributed by atoms with Crippen molar-refractivity contribution in [2.24, 2.45) is 5.73 Å². The zero-order valence-corrected chi connectivity index (χ0v) is 15.0. The molecule has 1 fully saturated rings. The molecular formula is C17H20F2N4O3S. The second-order valence-corrected chi connectivity index (χ2v) is 8.18. The fourth-order valence-electron chi connectivity index (χ4n) is 3.69. The lowest BCUT2D eigenvalue weighted by atomic mass is 9.93. The van der Waals surface area contributed by atoms with Crippen LogP contribution in [0.1, 0.15) is 33.5 Å². The van der Waals surface area contributed by atoms with Crippen molar-refractivity contribution in [2.75, 3.05) is 12.8 Å². The van der Waals surface area contributed by atoms with Crippen molar-refractivity contribution in [3.63, 3.8) is 0 Å². The monoisotopic (exact) mass is 401 g/mol. The average molecular weight is 401 g/mol. The van der Waals surface area contributed by atoms with Gasteiger partial charge in [0.05, 0.1) is 18.5 Å². The van der Waals surface area contributed by atoms with E-state index in [9.17, 15) is 17.2 Å². The summed E-state index contributed by atoms with van der Waals surface area (Å²) in [6.07, 6.45) is -2.29. The third-order valence-electron chi connectivity index (χ3n) is 5.01. The Balaban J connectivity index is 1.44. The van der Waals surface area contributed by atoms with Gasteiger partial charge in [-0.1, -0.05) is 0 Å². The zero-order valence-electron chi connectivity index (χ0n) is 17.2. The minimum Gasteiger partial charge on any atom is -0.370 e. The van der Waals surface area contributed by atoms with Gasteiger partial charge in [0.2, 0.25) is 0 Å². The molecule has 4 rings (SSSR count). The van der Waals surface area contributed by atoms with Crippen molar-refractivity contribution < 1.29 is 26.0 Å². The number of hydrogen-bond donors (Lipinski definition) is 1. The van der Waals surface area contributed by atoms with Gasteiger partial charge in [0.25, 0.3) is 10.0 Å². The number of nitrogens with two attached hydrogens (primary N) is 1.